The van der Waals surface area contributed by atoms with E-state index in [9.17, 15) is 30.4 Å². The molecule has 0 unspecified atom stereocenters. The van der Waals surface area contributed by atoms with Gasteiger partial charge in [0.2, 0.25) is 11.6 Å². The van der Waals surface area contributed by atoms with Crippen LogP contribution >= 0.6 is 0 Å². The summed E-state index contributed by atoms with van der Waals surface area (Å²) < 4.78 is 11.3. The average molecular weight is 627 g/mol. The molecule has 0 amide bonds. The van der Waals surface area contributed by atoms with Gasteiger partial charge in [-0.15, -0.1) is 20.4 Å². The number of aryl methyl sites for hydroxylation is 2. The van der Waals surface area contributed by atoms with Crippen molar-refractivity contribution in [2.24, 2.45) is 0 Å². The van der Waals surface area contributed by atoms with Crippen molar-refractivity contribution in [2.45, 2.75) is 13.8 Å². The van der Waals surface area contributed by atoms with Crippen molar-refractivity contribution in [3.05, 3.63) is 104 Å². The summed E-state index contributed by atoms with van der Waals surface area (Å²) in [6, 6.07) is 17.8. The molecule has 0 fully saturated rings. The molecule has 46 heavy (non-hydrogen) atoms. The van der Waals surface area contributed by atoms with Crippen LogP contribution in [0, 0.1) is 34.1 Å². The molecule has 2 heterocycles. The van der Waals surface area contributed by atoms with Gasteiger partial charge >= 0.3 is 0 Å². The van der Waals surface area contributed by atoms with Gasteiger partial charge in [0.25, 0.3) is 11.4 Å². The Morgan fingerprint density at radius 2 is 1.00 bits per heavy atom. The van der Waals surface area contributed by atoms with Crippen LogP contribution in [0.1, 0.15) is 11.1 Å². The van der Waals surface area contributed by atoms with Gasteiger partial charge in [-0.1, -0.05) is 12.1 Å². The topological polar surface area (TPSA) is 254 Å². The number of aromatic hydroxyl groups is 2. The molecule has 0 aliphatic heterocycles. The first-order valence-corrected chi connectivity index (χ1v) is 13.1. The molecule has 0 aliphatic rings. The molecule has 0 saturated carbocycles. The third-order valence-corrected chi connectivity index (χ3v) is 6.19. The van der Waals surface area contributed by atoms with Crippen LogP contribution in [0.25, 0.3) is 22.8 Å². The smallest absolute Gasteiger partial charge is 0.270 e. The highest BCUT2D eigenvalue weighted by Gasteiger charge is 2.19. The second-order valence-corrected chi connectivity index (χ2v) is 9.49. The number of non-ortho nitro benzene ring substituents is 2. The van der Waals surface area contributed by atoms with Gasteiger partial charge in [0.15, 0.2) is 23.0 Å². The average Bonchev–Trinajstić information content (AvgIpc) is 3.76. The van der Waals surface area contributed by atoms with E-state index < -0.39 is 9.85 Å². The number of tetrazole rings is 2. The number of benzene rings is 4. The number of rotatable bonds is 8. The van der Waals surface area contributed by atoms with Gasteiger partial charge in [-0.3, -0.25) is 20.2 Å². The van der Waals surface area contributed by atoms with Crippen LogP contribution in [0.5, 0.6) is 34.5 Å². The number of nitrogens with zero attached hydrogens (tertiary/aromatic N) is 8. The molecule has 6 aromatic rings. The number of H-pyrrole nitrogens is 2. The van der Waals surface area contributed by atoms with Crippen molar-refractivity contribution in [3.63, 3.8) is 0 Å². The Hall–Kier alpha value is -6.98. The fraction of sp³-hybridized carbons (Fsp3) is 0.0714. The maximum absolute atomic E-state index is 10.9. The fourth-order valence-electron chi connectivity index (χ4n) is 4.01. The molecule has 0 aliphatic carbocycles. The minimum absolute atomic E-state index is 0.0394. The maximum Gasteiger partial charge on any atom is 0.270 e. The first-order valence-electron chi connectivity index (χ1n) is 13.1. The van der Waals surface area contributed by atoms with Crippen molar-refractivity contribution in [2.75, 3.05) is 0 Å². The normalized spacial score (nSPS) is 10.5. The van der Waals surface area contributed by atoms with Crippen LogP contribution in [0.3, 0.4) is 0 Å². The highest BCUT2D eigenvalue weighted by atomic mass is 16.6. The van der Waals surface area contributed by atoms with Gasteiger partial charge in [-0.05, 0) is 71.8 Å². The first kappa shape index (κ1) is 30.5. The van der Waals surface area contributed by atoms with Crippen molar-refractivity contribution >= 4 is 11.4 Å². The number of ether oxygens (including phenoxy) is 2. The van der Waals surface area contributed by atoms with E-state index in [2.05, 4.69) is 41.2 Å². The number of phenolic OH excluding ortho intramolecular Hbond substituents is 2. The van der Waals surface area contributed by atoms with E-state index in [4.69, 9.17) is 9.47 Å². The van der Waals surface area contributed by atoms with Crippen LogP contribution in [-0.2, 0) is 0 Å². The van der Waals surface area contributed by atoms with Crippen molar-refractivity contribution < 1.29 is 29.5 Å². The van der Waals surface area contributed by atoms with Crippen molar-refractivity contribution in [1.82, 2.24) is 41.2 Å². The quantitative estimate of drug-likeness (QED) is 0.126. The summed E-state index contributed by atoms with van der Waals surface area (Å²) in [5, 5.41) is 68.5. The van der Waals surface area contributed by atoms with E-state index in [1.807, 2.05) is 13.8 Å². The van der Waals surface area contributed by atoms with E-state index in [0.29, 0.717) is 0 Å². The molecular weight excluding hydrogens is 604 g/mol. The van der Waals surface area contributed by atoms with E-state index in [1.54, 1.807) is 36.4 Å². The Labute approximate surface area is 257 Å². The fourth-order valence-corrected chi connectivity index (χ4v) is 4.01. The molecule has 18 heteroatoms. The monoisotopic (exact) mass is 626 g/mol. The van der Waals surface area contributed by atoms with Crippen LogP contribution in [0.15, 0.2) is 72.8 Å². The lowest BCUT2D eigenvalue weighted by molar-refractivity contribution is -0.385. The molecule has 0 bridgehead atoms. The third-order valence-electron chi connectivity index (χ3n) is 6.19. The zero-order valence-corrected chi connectivity index (χ0v) is 23.8. The lowest BCUT2D eigenvalue weighted by Crippen LogP contribution is -1.94. The number of nitrogens with one attached hydrogen (secondary N) is 2. The predicted octanol–water partition coefficient (Wildman–Crippen LogP) is 5.16. The molecular formula is C28H22N10O8. The molecule has 232 valence electrons. The van der Waals surface area contributed by atoms with Gasteiger partial charge in [-0.25, -0.2) is 0 Å². The molecule has 0 spiro atoms. The zero-order valence-electron chi connectivity index (χ0n) is 23.8. The Bertz CT molecular complexity index is 1870. The molecule has 2 aromatic heterocycles. The van der Waals surface area contributed by atoms with E-state index in [-0.39, 0.29) is 68.6 Å². The minimum Gasteiger partial charge on any atom is -0.504 e. The Morgan fingerprint density at radius 3 is 1.33 bits per heavy atom. The molecule has 4 N–H and O–H groups in total. The number of nitro benzene ring substituents is 2. The Morgan fingerprint density at radius 1 is 0.609 bits per heavy atom. The number of aromatic nitrogens is 8. The summed E-state index contributed by atoms with van der Waals surface area (Å²) in [5.41, 5.74) is 2.05. The van der Waals surface area contributed by atoms with Gasteiger partial charge in [-0.2, -0.15) is 10.4 Å². The molecule has 6 rings (SSSR count). The van der Waals surface area contributed by atoms with E-state index in [1.165, 1.54) is 36.4 Å². The summed E-state index contributed by atoms with van der Waals surface area (Å²) in [4.78, 5) is 20.8. The molecule has 0 atom stereocenters. The first-order chi connectivity index (χ1) is 22.1. The van der Waals surface area contributed by atoms with Gasteiger partial charge in [0.05, 0.1) is 21.0 Å². The molecule has 0 saturated heterocycles. The Balaban J connectivity index is 0.000000181. The van der Waals surface area contributed by atoms with Crippen LogP contribution in [-0.4, -0.2) is 61.3 Å². The Kier molecular flexibility index (Phi) is 8.69. The van der Waals surface area contributed by atoms with Crippen molar-refractivity contribution in [3.8, 4) is 57.3 Å². The SMILES string of the molecule is Cc1ccc(Oc2ccc([N+](=O)[O-])cc2-c2nn[nH]n2)c(O)c1.Cc1ccc(Oc2ccc([N+](=O)[O-])cc2-c2nn[nH]n2)c(O)c1. The lowest BCUT2D eigenvalue weighted by Gasteiger charge is -2.10. The van der Waals surface area contributed by atoms with E-state index in [0.717, 1.165) is 11.1 Å². The number of hydrogen-bond acceptors (Lipinski definition) is 14. The molecule has 18 nitrogen and oxygen atoms in total. The standard InChI is InChI=1S/2C14H11N5O4/c2*1-8-2-4-13(11(20)6-8)23-12-5-3-9(19(21)22)7-10(12)14-15-17-18-16-14/h2*2-7,20H,1H3,(H,15,16,17,18). The lowest BCUT2D eigenvalue weighted by atomic mass is 10.1. The number of nitro groups is 2. The summed E-state index contributed by atoms with van der Waals surface area (Å²) in [5.74, 6) is 1.17. The maximum atomic E-state index is 10.9. The highest BCUT2D eigenvalue weighted by Crippen LogP contribution is 2.39. The summed E-state index contributed by atoms with van der Waals surface area (Å²) in [6.45, 7) is 3.67. The zero-order chi connectivity index (χ0) is 32.8. The van der Waals surface area contributed by atoms with Crippen LogP contribution < -0.4 is 9.47 Å². The second-order valence-electron chi connectivity index (χ2n) is 9.49. The third kappa shape index (κ3) is 6.97. The molecule has 0 radical (unpaired) electrons. The number of phenols is 2. The number of aromatic amines is 2. The minimum atomic E-state index is -0.531. The summed E-state index contributed by atoms with van der Waals surface area (Å²) in [7, 11) is 0. The summed E-state index contributed by atoms with van der Waals surface area (Å²) >= 11 is 0. The van der Waals surface area contributed by atoms with Crippen LogP contribution in [0.2, 0.25) is 0 Å². The molecule has 4 aromatic carbocycles. The van der Waals surface area contributed by atoms with E-state index >= 15 is 0 Å². The van der Waals surface area contributed by atoms with Gasteiger partial charge < -0.3 is 19.7 Å². The van der Waals surface area contributed by atoms with Gasteiger partial charge in [0.1, 0.15) is 11.5 Å². The van der Waals surface area contributed by atoms with Gasteiger partial charge in [0, 0.05) is 24.3 Å². The highest BCUT2D eigenvalue weighted by molar-refractivity contribution is 5.69. The summed E-state index contributed by atoms with van der Waals surface area (Å²) in [6.07, 6.45) is 0. The van der Waals surface area contributed by atoms with Crippen LogP contribution in [0.4, 0.5) is 11.4 Å². The predicted molar refractivity (Wildman–Crippen MR) is 158 cm³/mol. The number of hydrogen-bond donors (Lipinski definition) is 4. The second kappa shape index (κ2) is 13.1. The largest absolute Gasteiger partial charge is 0.504 e. The van der Waals surface area contributed by atoms with Crippen molar-refractivity contribution in [1.29, 1.82) is 0 Å².